The molecular weight excluding hydrogens is 298 g/mol. The summed E-state index contributed by atoms with van der Waals surface area (Å²) in [7, 11) is 3.35. The van der Waals surface area contributed by atoms with E-state index in [2.05, 4.69) is 4.90 Å². The van der Waals surface area contributed by atoms with Crippen LogP contribution in [0, 0.1) is 5.92 Å². The predicted molar refractivity (Wildman–Crippen MR) is 82.0 cm³/mol. The summed E-state index contributed by atoms with van der Waals surface area (Å²) >= 11 is 0. The first-order valence-electron chi connectivity index (χ1n) is 7.81. The van der Waals surface area contributed by atoms with Gasteiger partial charge in [-0.2, -0.15) is 0 Å². The number of ether oxygens (including phenoxy) is 2. The minimum Gasteiger partial charge on any atom is -0.507 e. The van der Waals surface area contributed by atoms with Crippen LogP contribution in [0.1, 0.15) is 29.6 Å². The molecule has 6 heteroatoms. The minimum absolute atomic E-state index is 0.0309. The predicted octanol–water partition coefficient (Wildman–Crippen LogP) is 1.57. The number of fused-ring (bicyclic) bond motifs is 2. The summed E-state index contributed by atoms with van der Waals surface area (Å²) in [6, 6.07) is 6.58. The summed E-state index contributed by atoms with van der Waals surface area (Å²) in [4.78, 5) is 26.7. The fourth-order valence-corrected chi connectivity index (χ4v) is 3.83. The summed E-state index contributed by atoms with van der Waals surface area (Å²) in [5.41, 5.74) is 0.113. The highest BCUT2D eigenvalue weighted by molar-refractivity contribution is 5.92. The molecule has 0 aromatic heterocycles. The Morgan fingerprint density at radius 1 is 1.26 bits per heavy atom. The van der Waals surface area contributed by atoms with Crippen molar-refractivity contribution in [3.8, 4) is 5.75 Å². The Morgan fingerprint density at radius 3 is 2.70 bits per heavy atom. The van der Waals surface area contributed by atoms with Crippen molar-refractivity contribution in [3.63, 3.8) is 0 Å². The maximum absolute atomic E-state index is 12.4. The van der Waals surface area contributed by atoms with E-state index in [0.29, 0.717) is 12.5 Å². The molecule has 3 rings (SSSR count). The van der Waals surface area contributed by atoms with E-state index >= 15 is 0 Å². The van der Waals surface area contributed by atoms with Crippen LogP contribution in [0.3, 0.4) is 0 Å². The van der Waals surface area contributed by atoms with Crippen LogP contribution in [0.25, 0.3) is 0 Å². The molecule has 1 aromatic carbocycles. The van der Waals surface area contributed by atoms with E-state index in [1.54, 1.807) is 12.1 Å². The highest BCUT2D eigenvalue weighted by atomic mass is 16.6. The Hall–Kier alpha value is -2.08. The first-order chi connectivity index (χ1) is 11.0. The van der Waals surface area contributed by atoms with Gasteiger partial charge in [0.15, 0.2) is 0 Å². The topological polar surface area (TPSA) is 76.1 Å². The van der Waals surface area contributed by atoms with Gasteiger partial charge in [-0.25, -0.2) is 4.79 Å². The van der Waals surface area contributed by atoms with E-state index < -0.39 is 18.0 Å². The molecule has 0 radical (unpaired) electrons. The zero-order chi connectivity index (χ0) is 16.6. The first kappa shape index (κ1) is 15.8. The fraction of sp³-hybridized carbons (Fsp3) is 0.529. The van der Waals surface area contributed by atoms with E-state index in [4.69, 9.17) is 9.47 Å². The largest absolute Gasteiger partial charge is 0.507 e. The molecular formula is C17H21NO5. The van der Waals surface area contributed by atoms with Crippen molar-refractivity contribution in [3.05, 3.63) is 29.8 Å². The molecule has 0 saturated carbocycles. The lowest BCUT2D eigenvalue weighted by Crippen LogP contribution is -2.53. The van der Waals surface area contributed by atoms with Gasteiger partial charge in [0.05, 0.1) is 7.11 Å². The average Bonchev–Trinajstić information content (AvgIpc) is 2.78. The van der Waals surface area contributed by atoms with Gasteiger partial charge in [0.25, 0.3) is 0 Å². The summed E-state index contributed by atoms with van der Waals surface area (Å²) in [6.07, 6.45) is 1.96. The second-order valence-corrected chi connectivity index (χ2v) is 6.21. The second kappa shape index (κ2) is 6.20. The number of methoxy groups -OCH3 is 1. The number of rotatable bonds is 3. The SMILES string of the molecule is COC(=O)[C@H]1[C@@H](OC(=O)c2ccccc2O)C[C@@H]2CC[C@@H]1N2C. The molecule has 2 saturated heterocycles. The van der Waals surface area contributed by atoms with Gasteiger partial charge in [-0.05, 0) is 32.0 Å². The van der Waals surface area contributed by atoms with E-state index in [-0.39, 0.29) is 23.3 Å². The van der Waals surface area contributed by atoms with Crippen molar-refractivity contribution in [2.45, 2.75) is 37.5 Å². The monoisotopic (exact) mass is 319 g/mol. The quantitative estimate of drug-likeness (QED) is 0.852. The van der Waals surface area contributed by atoms with Crippen molar-refractivity contribution in [2.75, 3.05) is 14.2 Å². The maximum atomic E-state index is 12.4. The van der Waals surface area contributed by atoms with Gasteiger partial charge in [0, 0.05) is 18.5 Å². The average molecular weight is 319 g/mol. The maximum Gasteiger partial charge on any atom is 0.342 e. The third-order valence-corrected chi connectivity index (χ3v) is 5.07. The number of aromatic hydroxyl groups is 1. The Balaban J connectivity index is 1.81. The van der Waals surface area contributed by atoms with Crippen LogP contribution >= 0.6 is 0 Å². The van der Waals surface area contributed by atoms with E-state index in [1.807, 2.05) is 7.05 Å². The van der Waals surface area contributed by atoms with Gasteiger partial charge in [0.2, 0.25) is 0 Å². The molecule has 2 heterocycles. The number of phenolic OH excluding ortho intramolecular Hbond substituents is 1. The van der Waals surface area contributed by atoms with Crippen LogP contribution in [0.5, 0.6) is 5.75 Å². The van der Waals surface area contributed by atoms with Gasteiger partial charge in [0.1, 0.15) is 23.3 Å². The summed E-state index contributed by atoms with van der Waals surface area (Å²) in [6.45, 7) is 0. The number of hydrogen-bond acceptors (Lipinski definition) is 6. The molecule has 2 aliphatic heterocycles. The summed E-state index contributed by atoms with van der Waals surface area (Å²) in [5, 5.41) is 9.79. The Morgan fingerprint density at radius 2 is 2.00 bits per heavy atom. The van der Waals surface area contributed by atoms with Crippen LogP contribution in [0.15, 0.2) is 24.3 Å². The molecule has 2 fully saturated rings. The Bertz CT molecular complexity index is 617. The molecule has 2 bridgehead atoms. The number of esters is 2. The van der Waals surface area contributed by atoms with E-state index in [1.165, 1.54) is 19.2 Å². The number of hydrogen-bond donors (Lipinski definition) is 1. The zero-order valence-corrected chi connectivity index (χ0v) is 13.3. The van der Waals surface area contributed by atoms with Crippen molar-refractivity contribution in [1.29, 1.82) is 0 Å². The number of phenols is 1. The highest BCUT2D eigenvalue weighted by Gasteiger charge is 2.51. The van der Waals surface area contributed by atoms with Gasteiger partial charge >= 0.3 is 11.9 Å². The minimum atomic E-state index is -0.606. The second-order valence-electron chi connectivity index (χ2n) is 6.21. The number of benzene rings is 1. The van der Waals surface area contributed by atoms with Gasteiger partial charge in [-0.3, -0.25) is 9.69 Å². The standard InChI is InChI=1S/C17H21NO5/c1-18-10-7-8-12(18)15(17(21)22-2)14(9-10)23-16(20)11-5-3-4-6-13(11)19/h3-6,10,12,14-15,19H,7-9H2,1-2H3/t10-,12-,14-,15+/m0/s1. The van der Waals surface area contributed by atoms with Gasteiger partial charge in [-0.1, -0.05) is 12.1 Å². The van der Waals surface area contributed by atoms with Crippen molar-refractivity contribution < 1.29 is 24.2 Å². The summed E-state index contributed by atoms with van der Waals surface area (Å²) in [5.74, 6) is -1.56. The molecule has 0 unspecified atom stereocenters. The lowest BCUT2D eigenvalue weighted by atomic mass is 9.87. The van der Waals surface area contributed by atoms with Crippen molar-refractivity contribution in [2.24, 2.45) is 5.92 Å². The molecule has 4 atom stereocenters. The number of carbonyl (C=O) groups is 2. The number of nitrogens with zero attached hydrogens (tertiary/aromatic N) is 1. The molecule has 23 heavy (non-hydrogen) atoms. The van der Waals surface area contributed by atoms with Gasteiger partial charge in [-0.15, -0.1) is 0 Å². The molecule has 0 amide bonds. The zero-order valence-electron chi connectivity index (χ0n) is 13.3. The molecule has 124 valence electrons. The van der Waals surface area contributed by atoms with Crippen molar-refractivity contribution in [1.82, 2.24) is 4.90 Å². The summed E-state index contributed by atoms with van der Waals surface area (Å²) < 4.78 is 10.5. The molecule has 2 aliphatic rings. The van der Waals surface area contributed by atoms with Crippen LogP contribution < -0.4 is 0 Å². The smallest absolute Gasteiger partial charge is 0.342 e. The lowest BCUT2D eigenvalue weighted by molar-refractivity contribution is -0.156. The van der Waals surface area contributed by atoms with Crippen LogP contribution in [0.4, 0.5) is 0 Å². The fourth-order valence-electron chi connectivity index (χ4n) is 3.83. The molecule has 1 aromatic rings. The lowest BCUT2D eigenvalue weighted by Gasteiger charge is -2.40. The Labute approximate surface area is 135 Å². The third kappa shape index (κ3) is 2.79. The van der Waals surface area contributed by atoms with Crippen LogP contribution in [-0.4, -0.2) is 54.3 Å². The number of piperidine rings is 1. The third-order valence-electron chi connectivity index (χ3n) is 5.07. The first-order valence-corrected chi connectivity index (χ1v) is 7.81. The molecule has 1 N–H and O–H groups in total. The molecule has 0 spiro atoms. The number of carbonyl (C=O) groups excluding carboxylic acids is 2. The molecule has 0 aliphatic carbocycles. The Kier molecular flexibility index (Phi) is 4.26. The van der Waals surface area contributed by atoms with Crippen molar-refractivity contribution >= 4 is 11.9 Å². The van der Waals surface area contributed by atoms with Crippen LogP contribution in [-0.2, 0) is 14.3 Å². The van der Waals surface area contributed by atoms with E-state index in [0.717, 1.165) is 12.8 Å². The number of para-hydroxylation sites is 1. The van der Waals surface area contributed by atoms with Crippen LogP contribution in [0.2, 0.25) is 0 Å². The highest BCUT2D eigenvalue weighted by Crippen LogP contribution is 2.40. The van der Waals surface area contributed by atoms with Gasteiger partial charge < -0.3 is 14.6 Å². The molecule has 6 nitrogen and oxygen atoms in total. The normalized spacial score (nSPS) is 30.0. The van der Waals surface area contributed by atoms with E-state index in [9.17, 15) is 14.7 Å².